The van der Waals surface area contributed by atoms with Crippen LogP contribution in [0.25, 0.3) is 0 Å². The predicted octanol–water partition coefficient (Wildman–Crippen LogP) is 7.24. The maximum absolute atomic E-state index is 10.2. The summed E-state index contributed by atoms with van der Waals surface area (Å²) in [5, 5.41) is 10.2. The average molecular weight is 387 g/mol. The number of hydrogen-bond donors (Lipinski definition) is 1. The number of rotatable bonds is 5. The zero-order valence-corrected chi connectivity index (χ0v) is 19.3. The molecule has 0 bridgehead atoms. The molecule has 1 N–H and O–H groups in total. The van der Waals surface area contributed by atoms with Crippen molar-refractivity contribution < 1.29 is 5.11 Å². The van der Waals surface area contributed by atoms with E-state index in [2.05, 4.69) is 46.8 Å². The largest absolute Gasteiger partial charge is 0.393 e. The summed E-state index contributed by atoms with van der Waals surface area (Å²) in [6, 6.07) is 0. The molecule has 0 aromatic carbocycles. The Hall–Kier alpha value is -0.300. The quantitative estimate of drug-likeness (QED) is 0.493. The molecular formula is C27H46O. The number of aliphatic hydroxyl groups is 1. The molecule has 4 aliphatic rings. The van der Waals surface area contributed by atoms with Crippen molar-refractivity contribution in [1.82, 2.24) is 0 Å². The van der Waals surface area contributed by atoms with Crippen LogP contribution in [0.4, 0.5) is 0 Å². The maximum Gasteiger partial charge on any atom is 0.0543 e. The van der Waals surface area contributed by atoms with Crippen molar-refractivity contribution in [3.8, 4) is 0 Å². The number of hydrogen-bond acceptors (Lipinski definition) is 1. The third-order valence-electron chi connectivity index (χ3n) is 10.3. The molecule has 4 rings (SSSR count). The molecule has 28 heavy (non-hydrogen) atoms. The zero-order chi connectivity index (χ0) is 20.1. The first-order chi connectivity index (χ1) is 13.3. The van der Waals surface area contributed by atoms with Crippen LogP contribution in [0.15, 0.2) is 12.2 Å². The van der Waals surface area contributed by atoms with Crippen LogP contribution in [-0.4, -0.2) is 11.2 Å². The van der Waals surface area contributed by atoms with E-state index in [1.165, 1.54) is 51.4 Å². The summed E-state index contributed by atoms with van der Waals surface area (Å²) in [7, 11) is 0. The van der Waals surface area contributed by atoms with Crippen molar-refractivity contribution in [3.05, 3.63) is 12.2 Å². The van der Waals surface area contributed by atoms with Crippen LogP contribution >= 0.6 is 0 Å². The Morgan fingerprint density at radius 2 is 1.79 bits per heavy atom. The monoisotopic (exact) mass is 386 g/mol. The summed E-state index contributed by atoms with van der Waals surface area (Å²) >= 11 is 0. The summed E-state index contributed by atoms with van der Waals surface area (Å²) in [5.41, 5.74) is 0.886. The lowest BCUT2D eigenvalue weighted by Gasteiger charge is -2.58. The van der Waals surface area contributed by atoms with Gasteiger partial charge in [0.1, 0.15) is 0 Å². The van der Waals surface area contributed by atoms with Crippen LogP contribution in [-0.2, 0) is 0 Å². The van der Waals surface area contributed by atoms with E-state index in [1.54, 1.807) is 0 Å². The van der Waals surface area contributed by atoms with Gasteiger partial charge in [0.15, 0.2) is 0 Å². The molecule has 0 radical (unpaired) electrons. The third kappa shape index (κ3) is 3.42. The molecular weight excluding hydrogens is 340 g/mol. The molecule has 160 valence electrons. The van der Waals surface area contributed by atoms with Gasteiger partial charge in [0.25, 0.3) is 0 Å². The lowest BCUT2D eigenvalue weighted by atomic mass is 9.46. The van der Waals surface area contributed by atoms with Gasteiger partial charge >= 0.3 is 0 Å². The second-order valence-electron chi connectivity index (χ2n) is 12.2. The van der Waals surface area contributed by atoms with Crippen LogP contribution in [0.2, 0.25) is 0 Å². The van der Waals surface area contributed by atoms with Crippen molar-refractivity contribution in [1.29, 1.82) is 0 Å². The van der Waals surface area contributed by atoms with Crippen molar-refractivity contribution in [2.75, 3.05) is 0 Å². The van der Waals surface area contributed by atoms with E-state index in [0.717, 1.165) is 54.3 Å². The number of allylic oxidation sites excluding steroid dienone is 2. The minimum absolute atomic E-state index is 0.0324. The maximum atomic E-state index is 10.2. The van der Waals surface area contributed by atoms with Crippen molar-refractivity contribution in [2.24, 2.45) is 52.3 Å². The molecule has 0 aromatic heterocycles. The third-order valence-corrected chi connectivity index (χ3v) is 10.3. The van der Waals surface area contributed by atoms with Gasteiger partial charge in [0, 0.05) is 0 Å². The number of aliphatic hydroxyl groups excluding tert-OH is 1. The zero-order valence-electron chi connectivity index (χ0n) is 19.3. The Bertz CT molecular complexity index is 579. The fourth-order valence-corrected chi connectivity index (χ4v) is 8.60. The van der Waals surface area contributed by atoms with Gasteiger partial charge in [0.05, 0.1) is 6.10 Å². The highest BCUT2D eigenvalue weighted by Crippen LogP contribution is 2.66. The summed E-state index contributed by atoms with van der Waals surface area (Å²) in [6.07, 6.45) is 18.6. The van der Waals surface area contributed by atoms with Crippen LogP contribution < -0.4 is 0 Å². The van der Waals surface area contributed by atoms with E-state index in [-0.39, 0.29) is 6.10 Å². The standard InChI is InChI=1S/C27H46O/c1-18(2)7-6-8-19(3)23-11-12-24-22-10-9-20-17-21(28)13-15-26(20,4)25(22)14-16-27(23,24)5/h14,16,18-25,28H,6-13,15,17H2,1-5H3/t19-,20+,21-,22+,23-,24+,25+,26+,27-/m1/s1. The molecule has 1 nitrogen and oxygen atoms in total. The summed E-state index contributed by atoms with van der Waals surface area (Å²) in [5.74, 6) is 5.93. The molecule has 4 aliphatic carbocycles. The smallest absolute Gasteiger partial charge is 0.0543 e. The van der Waals surface area contributed by atoms with Crippen molar-refractivity contribution in [2.45, 2.75) is 105 Å². The molecule has 0 amide bonds. The highest BCUT2D eigenvalue weighted by Gasteiger charge is 2.58. The van der Waals surface area contributed by atoms with Crippen LogP contribution in [0, 0.1) is 52.3 Å². The van der Waals surface area contributed by atoms with Gasteiger partial charge in [0.2, 0.25) is 0 Å². The first-order valence-corrected chi connectivity index (χ1v) is 12.6. The number of fused-ring (bicyclic) bond motifs is 5. The van der Waals surface area contributed by atoms with Crippen LogP contribution in [0.1, 0.15) is 98.8 Å². The van der Waals surface area contributed by atoms with Gasteiger partial charge < -0.3 is 5.11 Å². The van der Waals surface area contributed by atoms with Gasteiger partial charge in [-0.1, -0.05) is 66.0 Å². The Labute approximate surface area is 174 Å². The first kappa shape index (κ1) is 21.0. The van der Waals surface area contributed by atoms with E-state index in [9.17, 15) is 5.11 Å². The van der Waals surface area contributed by atoms with E-state index in [1.807, 2.05) is 0 Å². The van der Waals surface area contributed by atoms with Gasteiger partial charge in [-0.2, -0.15) is 0 Å². The van der Waals surface area contributed by atoms with Gasteiger partial charge in [-0.05, 0) is 97.2 Å². The normalized spacial score (nSPS) is 48.8. The first-order valence-electron chi connectivity index (χ1n) is 12.6. The second kappa shape index (κ2) is 7.75. The fraction of sp³-hybridized carbons (Fsp3) is 0.926. The van der Waals surface area contributed by atoms with E-state index >= 15 is 0 Å². The molecule has 0 spiro atoms. The highest BCUT2D eigenvalue weighted by molar-refractivity contribution is 5.20. The molecule has 1 heteroatoms. The Morgan fingerprint density at radius 1 is 1.00 bits per heavy atom. The second-order valence-corrected chi connectivity index (χ2v) is 12.2. The van der Waals surface area contributed by atoms with Crippen molar-refractivity contribution in [3.63, 3.8) is 0 Å². The minimum Gasteiger partial charge on any atom is -0.393 e. The van der Waals surface area contributed by atoms with Crippen LogP contribution in [0.3, 0.4) is 0 Å². The average Bonchev–Trinajstić information content (AvgIpc) is 2.99. The summed E-state index contributed by atoms with van der Waals surface area (Å²) in [4.78, 5) is 0. The molecule has 0 aromatic rings. The summed E-state index contributed by atoms with van der Waals surface area (Å²) in [6.45, 7) is 12.5. The molecule has 3 saturated carbocycles. The fourth-order valence-electron chi connectivity index (χ4n) is 8.60. The van der Waals surface area contributed by atoms with Gasteiger partial charge in [-0.15, -0.1) is 0 Å². The molecule has 0 heterocycles. The van der Waals surface area contributed by atoms with E-state index in [0.29, 0.717) is 10.8 Å². The highest BCUT2D eigenvalue weighted by atomic mass is 16.3. The Kier molecular flexibility index (Phi) is 5.80. The lowest BCUT2D eigenvalue weighted by molar-refractivity contribution is -0.0821. The Balaban J connectivity index is 1.51. The minimum atomic E-state index is -0.0324. The van der Waals surface area contributed by atoms with Gasteiger partial charge in [-0.3, -0.25) is 0 Å². The van der Waals surface area contributed by atoms with Crippen LogP contribution in [0.5, 0.6) is 0 Å². The molecule has 9 atom stereocenters. The topological polar surface area (TPSA) is 20.2 Å². The lowest BCUT2D eigenvalue weighted by Crippen LogP contribution is -2.52. The predicted molar refractivity (Wildman–Crippen MR) is 119 cm³/mol. The molecule has 0 unspecified atom stereocenters. The van der Waals surface area contributed by atoms with E-state index in [4.69, 9.17) is 0 Å². The van der Waals surface area contributed by atoms with Crippen molar-refractivity contribution >= 4 is 0 Å². The SMILES string of the molecule is CC(C)CCC[C@@H](C)[C@H]1CC[C@H]2[C@@H]3CC[C@H]4C[C@H](O)CC[C@]4(C)[C@H]3C=C[C@]12C. The van der Waals surface area contributed by atoms with E-state index < -0.39 is 0 Å². The summed E-state index contributed by atoms with van der Waals surface area (Å²) < 4.78 is 0. The molecule has 0 saturated heterocycles. The van der Waals surface area contributed by atoms with Gasteiger partial charge in [-0.25, -0.2) is 0 Å². The molecule has 3 fully saturated rings. The molecule has 0 aliphatic heterocycles. The Morgan fingerprint density at radius 3 is 2.54 bits per heavy atom.